The van der Waals surface area contributed by atoms with Gasteiger partial charge in [-0.15, -0.1) is 0 Å². The smallest absolute Gasteiger partial charge is 0.416 e. The van der Waals surface area contributed by atoms with E-state index in [1.165, 1.54) is 6.07 Å². The van der Waals surface area contributed by atoms with E-state index in [1.54, 1.807) is 4.90 Å². The Hall–Kier alpha value is -1.76. The number of halogens is 3. The first-order chi connectivity index (χ1) is 9.79. The molecule has 1 fully saturated rings. The van der Waals surface area contributed by atoms with Crippen LogP contribution in [0.3, 0.4) is 0 Å². The van der Waals surface area contributed by atoms with E-state index < -0.39 is 17.7 Å². The average molecular weight is 303 g/mol. The Morgan fingerprint density at radius 2 is 2.14 bits per heavy atom. The number of carboxylic acids is 1. The van der Waals surface area contributed by atoms with Gasteiger partial charge in [0.15, 0.2) is 0 Å². The minimum Gasteiger partial charge on any atom is -0.478 e. The number of hydrogen-bond donors (Lipinski definition) is 1. The van der Waals surface area contributed by atoms with Crippen molar-refractivity contribution < 1.29 is 27.8 Å². The van der Waals surface area contributed by atoms with Crippen molar-refractivity contribution in [1.82, 2.24) is 0 Å². The van der Waals surface area contributed by atoms with Gasteiger partial charge in [0, 0.05) is 19.7 Å². The van der Waals surface area contributed by atoms with E-state index in [2.05, 4.69) is 0 Å². The molecule has 0 aliphatic carbocycles. The van der Waals surface area contributed by atoms with E-state index in [0.29, 0.717) is 37.9 Å². The largest absolute Gasteiger partial charge is 0.478 e. The average Bonchev–Trinajstić information content (AvgIpc) is 2.61. The van der Waals surface area contributed by atoms with Crippen LogP contribution in [0.25, 0.3) is 0 Å². The Morgan fingerprint density at radius 1 is 1.43 bits per heavy atom. The number of anilines is 1. The van der Waals surface area contributed by atoms with Crippen LogP contribution in [0.5, 0.6) is 0 Å². The first-order valence-electron chi connectivity index (χ1n) is 6.60. The number of rotatable bonds is 2. The second-order valence-electron chi connectivity index (χ2n) is 5.02. The maximum atomic E-state index is 12.7. The summed E-state index contributed by atoms with van der Waals surface area (Å²) in [5.74, 6) is -1.37. The van der Waals surface area contributed by atoms with Gasteiger partial charge in [-0.2, -0.15) is 13.2 Å². The summed E-state index contributed by atoms with van der Waals surface area (Å²) in [6, 6.07) is 2.83. The molecule has 0 spiro atoms. The highest BCUT2D eigenvalue weighted by Crippen LogP contribution is 2.33. The van der Waals surface area contributed by atoms with Crippen LogP contribution in [0.15, 0.2) is 18.2 Å². The second-order valence-corrected chi connectivity index (χ2v) is 5.02. The number of alkyl halides is 3. The molecule has 0 bridgehead atoms. The zero-order chi connectivity index (χ0) is 15.6. The van der Waals surface area contributed by atoms with Gasteiger partial charge >= 0.3 is 12.1 Å². The normalized spacial score (nSPS) is 20.2. The molecule has 0 saturated carbocycles. The molecule has 1 unspecified atom stereocenters. The molecule has 7 heteroatoms. The molecule has 1 N–H and O–H groups in total. The van der Waals surface area contributed by atoms with Gasteiger partial charge in [0.1, 0.15) is 0 Å². The molecule has 4 nitrogen and oxygen atoms in total. The summed E-state index contributed by atoms with van der Waals surface area (Å²) >= 11 is 0. The SMILES string of the molecule is CC1CN(c2ccc(C(F)(F)F)cc2C(=O)O)CCCO1. The Labute approximate surface area is 120 Å². The molecule has 1 saturated heterocycles. The number of aromatic carboxylic acids is 1. The molecule has 21 heavy (non-hydrogen) atoms. The first-order valence-corrected chi connectivity index (χ1v) is 6.60. The number of carbonyl (C=O) groups is 1. The summed E-state index contributed by atoms with van der Waals surface area (Å²) in [7, 11) is 0. The zero-order valence-electron chi connectivity index (χ0n) is 11.5. The van der Waals surface area contributed by atoms with Gasteiger partial charge in [-0.3, -0.25) is 0 Å². The second kappa shape index (κ2) is 5.93. The molecule has 1 aliphatic heterocycles. The van der Waals surface area contributed by atoms with Crippen LogP contribution in [0.2, 0.25) is 0 Å². The molecule has 1 atom stereocenters. The highest BCUT2D eigenvalue weighted by Gasteiger charge is 2.32. The van der Waals surface area contributed by atoms with Crippen LogP contribution in [0.4, 0.5) is 18.9 Å². The maximum absolute atomic E-state index is 12.7. The standard InChI is InChI=1S/C14H16F3NO3/c1-9-8-18(5-2-6-21-9)12-4-3-10(14(15,16)17)7-11(12)13(19)20/h3-4,7,9H,2,5-6,8H2,1H3,(H,19,20). The van der Waals surface area contributed by atoms with Gasteiger partial charge in [-0.25, -0.2) is 4.79 Å². The number of ether oxygens (including phenoxy) is 1. The molecule has 1 aromatic rings. The van der Waals surface area contributed by atoms with Crippen molar-refractivity contribution in [3.8, 4) is 0 Å². The van der Waals surface area contributed by atoms with Gasteiger partial charge in [0.05, 0.1) is 22.9 Å². The van der Waals surface area contributed by atoms with E-state index in [0.717, 1.165) is 6.07 Å². The monoisotopic (exact) mass is 303 g/mol. The van der Waals surface area contributed by atoms with Crippen molar-refractivity contribution in [3.05, 3.63) is 29.3 Å². The van der Waals surface area contributed by atoms with Crippen LogP contribution in [0, 0.1) is 0 Å². The minimum atomic E-state index is -4.56. The lowest BCUT2D eigenvalue weighted by atomic mass is 10.1. The maximum Gasteiger partial charge on any atom is 0.416 e. The molecular weight excluding hydrogens is 287 g/mol. The van der Waals surface area contributed by atoms with Crippen LogP contribution in [-0.2, 0) is 10.9 Å². The molecule has 1 aliphatic rings. The van der Waals surface area contributed by atoms with Gasteiger partial charge in [-0.05, 0) is 31.5 Å². The number of carboxylic acid groups (broad SMARTS) is 1. The fourth-order valence-corrected chi connectivity index (χ4v) is 2.37. The van der Waals surface area contributed by atoms with Crippen molar-refractivity contribution in [1.29, 1.82) is 0 Å². The predicted octanol–water partition coefficient (Wildman–Crippen LogP) is 3.02. The van der Waals surface area contributed by atoms with Crippen molar-refractivity contribution in [2.75, 3.05) is 24.6 Å². The Bertz CT molecular complexity index is 531. The lowest BCUT2D eigenvalue weighted by Crippen LogP contribution is -2.31. The summed E-state index contributed by atoms with van der Waals surface area (Å²) in [6.07, 6.45) is -3.96. The Morgan fingerprint density at radius 3 is 2.76 bits per heavy atom. The van der Waals surface area contributed by atoms with E-state index in [1.807, 2.05) is 6.92 Å². The lowest BCUT2D eigenvalue weighted by Gasteiger charge is -2.26. The summed E-state index contributed by atoms with van der Waals surface area (Å²) < 4.78 is 43.6. The molecule has 116 valence electrons. The minimum absolute atomic E-state index is 0.101. The first kappa shape index (κ1) is 15.6. The predicted molar refractivity (Wildman–Crippen MR) is 70.6 cm³/mol. The third kappa shape index (κ3) is 3.66. The third-order valence-corrected chi connectivity index (χ3v) is 3.35. The third-order valence-electron chi connectivity index (χ3n) is 3.35. The summed E-state index contributed by atoms with van der Waals surface area (Å²) in [5.41, 5.74) is -0.991. The van der Waals surface area contributed by atoms with Crippen molar-refractivity contribution in [2.45, 2.75) is 25.6 Å². The molecule has 2 rings (SSSR count). The summed E-state index contributed by atoms with van der Waals surface area (Å²) in [6.45, 7) is 3.41. The Balaban J connectivity index is 2.40. The van der Waals surface area contributed by atoms with Crippen LogP contribution < -0.4 is 4.90 Å². The van der Waals surface area contributed by atoms with E-state index in [4.69, 9.17) is 4.74 Å². The molecule has 1 heterocycles. The molecule has 1 aromatic carbocycles. The number of benzene rings is 1. The molecule has 0 amide bonds. The fourth-order valence-electron chi connectivity index (χ4n) is 2.37. The highest BCUT2D eigenvalue weighted by atomic mass is 19.4. The molecule has 0 radical (unpaired) electrons. The van der Waals surface area contributed by atoms with Crippen molar-refractivity contribution in [2.24, 2.45) is 0 Å². The van der Waals surface area contributed by atoms with Gasteiger partial charge in [-0.1, -0.05) is 0 Å². The van der Waals surface area contributed by atoms with Gasteiger partial charge in [0.2, 0.25) is 0 Å². The summed E-state index contributed by atoms with van der Waals surface area (Å²) in [4.78, 5) is 13.1. The highest BCUT2D eigenvalue weighted by molar-refractivity contribution is 5.94. The quantitative estimate of drug-likeness (QED) is 0.912. The van der Waals surface area contributed by atoms with E-state index in [-0.39, 0.29) is 11.7 Å². The van der Waals surface area contributed by atoms with Crippen LogP contribution in [0.1, 0.15) is 29.3 Å². The van der Waals surface area contributed by atoms with Crippen molar-refractivity contribution >= 4 is 11.7 Å². The topological polar surface area (TPSA) is 49.8 Å². The molecule has 0 aromatic heterocycles. The summed E-state index contributed by atoms with van der Waals surface area (Å²) in [5, 5.41) is 9.20. The zero-order valence-corrected chi connectivity index (χ0v) is 11.5. The lowest BCUT2D eigenvalue weighted by molar-refractivity contribution is -0.137. The Kier molecular flexibility index (Phi) is 4.41. The van der Waals surface area contributed by atoms with Gasteiger partial charge in [0.25, 0.3) is 0 Å². The van der Waals surface area contributed by atoms with Crippen LogP contribution in [-0.4, -0.2) is 36.9 Å². The van der Waals surface area contributed by atoms with E-state index in [9.17, 15) is 23.1 Å². The van der Waals surface area contributed by atoms with Crippen molar-refractivity contribution in [3.63, 3.8) is 0 Å². The van der Waals surface area contributed by atoms with E-state index >= 15 is 0 Å². The van der Waals surface area contributed by atoms with Gasteiger partial charge < -0.3 is 14.7 Å². The van der Waals surface area contributed by atoms with Crippen LogP contribution >= 0.6 is 0 Å². The fraction of sp³-hybridized carbons (Fsp3) is 0.500. The molecular formula is C14H16F3NO3. The number of hydrogen-bond acceptors (Lipinski definition) is 3. The number of nitrogens with zero attached hydrogens (tertiary/aromatic N) is 1.